The molecule has 1 fully saturated rings. The molecule has 188 valence electrons. The molecule has 3 aromatic rings. The van der Waals surface area contributed by atoms with E-state index in [2.05, 4.69) is 26.6 Å². The maximum atomic E-state index is 13.2. The Morgan fingerprint density at radius 1 is 0.946 bits per heavy atom. The Morgan fingerprint density at radius 3 is 2.27 bits per heavy atom. The summed E-state index contributed by atoms with van der Waals surface area (Å²) in [6.07, 6.45) is 1.40. The molecule has 0 aliphatic carbocycles. The van der Waals surface area contributed by atoms with Crippen molar-refractivity contribution in [2.75, 3.05) is 16.8 Å². The van der Waals surface area contributed by atoms with Crippen LogP contribution in [0, 0.1) is 20.8 Å². The predicted octanol–water partition coefficient (Wildman–Crippen LogP) is 5.06. The van der Waals surface area contributed by atoms with Gasteiger partial charge in [-0.05, 0) is 95.9 Å². The van der Waals surface area contributed by atoms with Gasteiger partial charge >= 0.3 is 6.03 Å². The molecule has 0 aromatic heterocycles. The van der Waals surface area contributed by atoms with Crippen molar-refractivity contribution >= 4 is 57.1 Å². The Balaban J connectivity index is 1.49. The number of carbonyl (C=O) groups is 4. The minimum atomic E-state index is -0.800. The predicted molar refractivity (Wildman–Crippen MR) is 144 cm³/mol. The molecule has 37 heavy (non-hydrogen) atoms. The minimum absolute atomic E-state index is 0.184. The molecule has 1 saturated heterocycles. The minimum Gasteiger partial charge on any atom is -0.483 e. The van der Waals surface area contributed by atoms with E-state index in [1.807, 2.05) is 51.1 Å². The van der Waals surface area contributed by atoms with Gasteiger partial charge in [0.2, 0.25) is 0 Å². The fraction of sp³-hybridized carbons (Fsp3) is 0.143. The van der Waals surface area contributed by atoms with Crippen LogP contribution in [-0.2, 0) is 14.4 Å². The second-order valence-corrected chi connectivity index (χ2v) is 9.55. The van der Waals surface area contributed by atoms with Crippen LogP contribution in [0.25, 0.3) is 6.08 Å². The Morgan fingerprint density at radius 2 is 1.62 bits per heavy atom. The number of hydrogen-bond donors (Lipinski definition) is 2. The monoisotopic (exact) mass is 561 g/mol. The van der Waals surface area contributed by atoms with Crippen molar-refractivity contribution in [2.24, 2.45) is 0 Å². The van der Waals surface area contributed by atoms with Crippen molar-refractivity contribution in [3.05, 3.63) is 93.0 Å². The lowest BCUT2D eigenvalue weighted by Gasteiger charge is -2.27. The van der Waals surface area contributed by atoms with E-state index in [9.17, 15) is 19.2 Å². The number of halogens is 1. The maximum absolute atomic E-state index is 13.2. The first kappa shape index (κ1) is 25.8. The topological polar surface area (TPSA) is 105 Å². The first-order valence-corrected chi connectivity index (χ1v) is 12.2. The van der Waals surface area contributed by atoms with Crippen molar-refractivity contribution in [1.82, 2.24) is 5.32 Å². The highest BCUT2D eigenvalue weighted by Crippen LogP contribution is 2.29. The van der Waals surface area contributed by atoms with Crippen molar-refractivity contribution in [1.29, 1.82) is 0 Å². The molecule has 1 heterocycles. The van der Waals surface area contributed by atoms with Gasteiger partial charge < -0.3 is 10.1 Å². The number of benzene rings is 3. The summed E-state index contributed by atoms with van der Waals surface area (Å²) in [4.78, 5) is 51.3. The number of barbiturate groups is 1. The van der Waals surface area contributed by atoms with E-state index in [-0.39, 0.29) is 18.1 Å². The van der Waals surface area contributed by atoms with Crippen LogP contribution in [0.2, 0.25) is 0 Å². The number of ether oxygens (including phenoxy) is 1. The SMILES string of the molecule is Cc1ccc(NC(=O)COc2ccc(/C=C3\C(=O)NC(=O)N(c4cc(C)cc(C)c4)C3=O)cc2Br)cc1. The molecular weight excluding hydrogens is 538 g/mol. The van der Waals surface area contributed by atoms with Gasteiger partial charge in [0.05, 0.1) is 10.2 Å². The molecule has 1 aliphatic heterocycles. The quantitative estimate of drug-likeness (QED) is 0.323. The van der Waals surface area contributed by atoms with Crippen molar-refractivity contribution < 1.29 is 23.9 Å². The number of anilines is 2. The van der Waals surface area contributed by atoms with E-state index in [0.29, 0.717) is 27.2 Å². The van der Waals surface area contributed by atoms with Gasteiger partial charge in [0, 0.05) is 5.69 Å². The molecule has 2 N–H and O–H groups in total. The highest BCUT2D eigenvalue weighted by atomic mass is 79.9. The van der Waals surface area contributed by atoms with Gasteiger partial charge in [0.25, 0.3) is 17.7 Å². The van der Waals surface area contributed by atoms with E-state index >= 15 is 0 Å². The van der Waals surface area contributed by atoms with Crippen LogP contribution in [0.4, 0.5) is 16.2 Å². The number of aryl methyl sites for hydroxylation is 3. The molecule has 0 spiro atoms. The average molecular weight is 562 g/mol. The number of nitrogens with one attached hydrogen (secondary N) is 2. The molecule has 9 heteroatoms. The summed E-state index contributed by atoms with van der Waals surface area (Å²) in [7, 11) is 0. The molecule has 5 amide bonds. The van der Waals surface area contributed by atoms with Gasteiger partial charge in [0.15, 0.2) is 6.61 Å². The van der Waals surface area contributed by atoms with Crippen LogP contribution in [0.15, 0.2) is 70.7 Å². The van der Waals surface area contributed by atoms with Gasteiger partial charge in [-0.15, -0.1) is 0 Å². The number of amides is 5. The van der Waals surface area contributed by atoms with Gasteiger partial charge in [-0.1, -0.05) is 29.8 Å². The number of hydrogen-bond acceptors (Lipinski definition) is 5. The number of rotatable bonds is 6. The van der Waals surface area contributed by atoms with E-state index < -0.39 is 17.8 Å². The average Bonchev–Trinajstić information content (AvgIpc) is 2.82. The lowest BCUT2D eigenvalue weighted by molar-refractivity contribution is -0.122. The summed E-state index contributed by atoms with van der Waals surface area (Å²) in [6, 6.07) is 16.9. The summed E-state index contributed by atoms with van der Waals surface area (Å²) in [5, 5.41) is 4.99. The summed E-state index contributed by atoms with van der Waals surface area (Å²) < 4.78 is 6.14. The molecule has 0 bridgehead atoms. The molecule has 3 aromatic carbocycles. The van der Waals surface area contributed by atoms with Gasteiger partial charge in [-0.2, -0.15) is 0 Å². The third kappa shape index (κ3) is 6.13. The van der Waals surface area contributed by atoms with Crippen molar-refractivity contribution in [3.63, 3.8) is 0 Å². The fourth-order valence-electron chi connectivity index (χ4n) is 3.84. The molecular formula is C28H24BrN3O5. The molecule has 0 atom stereocenters. The lowest BCUT2D eigenvalue weighted by atomic mass is 10.1. The Hall–Kier alpha value is -4.24. The van der Waals surface area contributed by atoms with Crippen LogP contribution in [-0.4, -0.2) is 30.4 Å². The Kier molecular flexibility index (Phi) is 7.54. The number of carbonyl (C=O) groups excluding carboxylic acids is 4. The summed E-state index contributed by atoms with van der Waals surface area (Å²) >= 11 is 3.41. The molecule has 0 unspecified atom stereocenters. The van der Waals surface area contributed by atoms with Crippen LogP contribution < -0.4 is 20.3 Å². The van der Waals surface area contributed by atoms with Gasteiger partial charge in [-0.3, -0.25) is 19.7 Å². The van der Waals surface area contributed by atoms with Crippen molar-refractivity contribution in [2.45, 2.75) is 20.8 Å². The zero-order valence-electron chi connectivity index (χ0n) is 20.4. The fourth-order valence-corrected chi connectivity index (χ4v) is 4.35. The standard InChI is InChI=1S/C28H24BrN3O5/c1-16-4-7-20(8-5-16)30-25(33)15-37-24-9-6-19(14-23(24)29)13-22-26(34)31-28(36)32(27(22)35)21-11-17(2)10-18(3)12-21/h4-14H,15H2,1-3H3,(H,30,33)(H,31,34,36)/b22-13+. The van der Waals surface area contributed by atoms with E-state index in [0.717, 1.165) is 21.6 Å². The lowest BCUT2D eigenvalue weighted by Crippen LogP contribution is -2.54. The second-order valence-electron chi connectivity index (χ2n) is 8.70. The zero-order valence-corrected chi connectivity index (χ0v) is 22.0. The second kappa shape index (κ2) is 10.8. The largest absolute Gasteiger partial charge is 0.483 e. The Bertz CT molecular complexity index is 1430. The van der Waals surface area contributed by atoms with Gasteiger partial charge in [-0.25, -0.2) is 9.69 Å². The highest BCUT2D eigenvalue weighted by molar-refractivity contribution is 9.10. The smallest absolute Gasteiger partial charge is 0.335 e. The van der Waals surface area contributed by atoms with Crippen molar-refractivity contribution in [3.8, 4) is 5.75 Å². The summed E-state index contributed by atoms with van der Waals surface area (Å²) in [5.74, 6) is -1.40. The van der Waals surface area contributed by atoms with Gasteiger partial charge in [0.1, 0.15) is 11.3 Å². The van der Waals surface area contributed by atoms with Crippen LogP contribution in [0.3, 0.4) is 0 Å². The Labute approximate surface area is 222 Å². The molecule has 0 saturated carbocycles. The highest BCUT2D eigenvalue weighted by Gasteiger charge is 2.37. The number of nitrogens with zero attached hydrogens (tertiary/aromatic N) is 1. The molecule has 1 aliphatic rings. The van der Waals surface area contributed by atoms with Crippen LogP contribution >= 0.6 is 15.9 Å². The van der Waals surface area contributed by atoms with E-state index in [1.54, 1.807) is 30.3 Å². The van der Waals surface area contributed by atoms with E-state index in [4.69, 9.17) is 4.74 Å². The zero-order chi connectivity index (χ0) is 26.7. The van der Waals surface area contributed by atoms with Crippen LogP contribution in [0.1, 0.15) is 22.3 Å². The molecule has 4 rings (SSSR count). The molecule has 8 nitrogen and oxygen atoms in total. The normalized spacial score (nSPS) is 14.5. The third-order valence-electron chi connectivity index (χ3n) is 5.53. The maximum Gasteiger partial charge on any atom is 0.335 e. The first-order chi connectivity index (χ1) is 17.6. The summed E-state index contributed by atoms with van der Waals surface area (Å²) in [5.41, 5.74) is 4.24. The van der Waals surface area contributed by atoms with E-state index in [1.165, 1.54) is 6.08 Å². The molecule has 0 radical (unpaired) electrons. The van der Waals surface area contributed by atoms with Crippen LogP contribution in [0.5, 0.6) is 5.75 Å². The third-order valence-corrected chi connectivity index (χ3v) is 6.15. The summed E-state index contributed by atoms with van der Waals surface area (Å²) in [6.45, 7) is 5.47. The number of urea groups is 1. The first-order valence-electron chi connectivity index (χ1n) is 11.4. The number of imide groups is 2.